The fraction of sp³-hybridized carbons (Fsp3) is 0.455. The summed E-state index contributed by atoms with van der Waals surface area (Å²) in [6.45, 7) is 4.05. The monoisotopic (exact) mass is 240 g/mol. The van der Waals surface area contributed by atoms with E-state index in [9.17, 15) is 0 Å². The molecule has 1 saturated heterocycles. The van der Waals surface area contributed by atoms with Gasteiger partial charge in [0, 0.05) is 26.2 Å². The number of nitrogens with zero attached hydrogens (tertiary/aromatic N) is 2. The zero-order valence-electron chi connectivity index (χ0n) is 9.41. The van der Waals surface area contributed by atoms with Crippen LogP contribution in [0.2, 0.25) is 5.02 Å². The topological polar surface area (TPSA) is 44.5 Å². The minimum absolute atomic E-state index is 0.666. The molecule has 0 amide bonds. The summed E-state index contributed by atoms with van der Waals surface area (Å²) >= 11 is 6.10. The first-order valence-corrected chi connectivity index (χ1v) is 5.79. The molecule has 1 aliphatic heterocycles. The van der Waals surface area contributed by atoms with Gasteiger partial charge in [-0.3, -0.25) is 0 Å². The molecule has 5 heteroatoms. The molecule has 0 bridgehead atoms. The largest absolute Gasteiger partial charge is 0.397 e. The number of halogens is 1. The molecule has 1 heterocycles. The molecule has 0 atom stereocenters. The van der Waals surface area contributed by atoms with E-state index in [1.165, 1.54) is 0 Å². The van der Waals surface area contributed by atoms with Crippen molar-refractivity contribution in [1.29, 1.82) is 0 Å². The number of hydrogen-bond donors (Lipinski definition) is 2. The fourth-order valence-electron chi connectivity index (χ4n) is 1.74. The maximum Gasteiger partial charge on any atom is 0.0909 e. The second-order valence-corrected chi connectivity index (χ2v) is 4.51. The van der Waals surface area contributed by atoms with Gasteiger partial charge in [0.25, 0.3) is 0 Å². The van der Waals surface area contributed by atoms with Gasteiger partial charge in [-0.15, -0.1) is 0 Å². The Kier molecular flexibility index (Phi) is 3.53. The molecule has 1 aromatic rings. The summed E-state index contributed by atoms with van der Waals surface area (Å²) in [5.74, 6) is 0. The molecule has 0 saturated carbocycles. The van der Waals surface area contributed by atoms with E-state index in [4.69, 9.17) is 17.3 Å². The molecule has 0 radical (unpaired) electrons. The number of likely N-dealkylation sites (N-methyl/N-ethyl adjacent to an activating group) is 1. The summed E-state index contributed by atoms with van der Waals surface area (Å²) in [6.07, 6.45) is 0. The lowest BCUT2D eigenvalue weighted by Gasteiger charge is -2.33. The van der Waals surface area contributed by atoms with Crippen molar-refractivity contribution in [3.05, 3.63) is 23.2 Å². The van der Waals surface area contributed by atoms with Crippen LogP contribution in [0.3, 0.4) is 0 Å². The Balaban J connectivity index is 2.04. The molecule has 0 unspecified atom stereocenters. The summed E-state index contributed by atoms with van der Waals surface area (Å²) in [5.41, 5.74) is 10.7. The number of para-hydroxylation sites is 1. The van der Waals surface area contributed by atoms with Gasteiger partial charge in [-0.05, 0) is 19.2 Å². The number of nitrogens with two attached hydrogens (primary N) is 1. The van der Waals surface area contributed by atoms with E-state index in [1.54, 1.807) is 0 Å². The van der Waals surface area contributed by atoms with Gasteiger partial charge in [0.1, 0.15) is 0 Å². The molecule has 1 aliphatic rings. The SMILES string of the molecule is CN1CCN(Nc2c(N)cccc2Cl)CC1. The van der Waals surface area contributed by atoms with Crippen LogP contribution in [0.4, 0.5) is 11.4 Å². The molecular formula is C11H17ClN4. The summed E-state index contributed by atoms with van der Waals surface area (Å²) in [7, 11) is 2.13. The molecule has 2 rings (SSSR count). The predicted octanol–water partition coefficient (Wildman–Crippen LogP) is 1.50. The molecule has 16 heavy (non-hydrogen) atoms. The lowest BCUT2D eigenvalue weighted by atomic mass is 10.3. The van der Waals surface area contributed by atoms with Crippen LogP contribution in [0.15, 0.2) is 18.2 Å². The molecule has 4 nitrogen and oxygen atoms in total. The maximum absolute atomic E-state index is 6.10. The van der Waals surface area contributed by atoms with Crippen LogP contribution < -0.4 is 11.2 Å². The first-order chi connectivity index (χ1) is 7.66. The van der Waals surface area contributed by atoms with Gasteiger partial charge in [-0.1, -0.05) is 17.7 Å². The zero-order valence-corrected chi connectivity index (χ0v) is 10.2. The number of nitrogens with one attached hydrogen (secondary N) is 1. The molecule has 1 aromatic carbocycles. The van der Waals surface area contributed by atoms with Crippen LogP contribution in [-0.4, -0.2) is 43.1 Å². The number of nitrogen functional groups attached to an aromatic ring is 1. The van der Waals surface area contributed by atoms with Crippen molar-refractivity contribution >= 4 is 23.0 Å². The molecular weight excluding hydrogens is 224 g/mol. The molecule has 0 spiro atoms. The quantitative estimate of drug-likeness (QED) is 0.769. The van der Waals surface area contributed by atoms with Crippen LogP contribution >= 0.6 is 11.6 Å². The van der Waals surface area contributed by atoms with Gasteiger partial charge in [0.2, 0.25) is 0 Å². The number of benzene rings is 1. The van der Waals surface area contributed by atoms with Gasteiger partial charge in [0.05, 0.1) is 16.4 Å². The summed E-state index contributed by atoms with van der Waals surface area (Å²) < 4.78 is 0. The van der Waals surface area contributed by atoms with Crippen molar-refractivity contribution in [3.8, 4) is 0 Å². The van der Waals surface area contributed by atoms with Gasteiger partial charge in [0.15, 0.2) is 0 Å². The number of rotatable bonds is 2. The van der Waals surface area contributed by atoms with E-state index >= 15 is 0 Å². The van der Waals surface area contributed by atoms with E-state index in [0.29, 0.717) is 10.7 Å². The maximum atomic E-state index is 6.10. The molecule has 1 fully saturated rings. The van der Waals surface area contributed by atoms with E-state index in [2.05, 4.69) is 22.4 Å². The average molecular weight is 241 g/mol. The second-order valence-electron chi connectivity index (χ2n) is 4.11. The highest BCUT2D eigenvalue weighted by molar-refractivity contribution is 6.33. The number of hydrazine groups is 1. The Bertz CT molecular complexity index is 341. The van der Waals surface area contributed by atoms with Crippen LogP contribution in [0.1, 0.15) is 0 Å². The van der Waals surface area contributed by atoms with Crippen molar-refractivity contribution in [1.82, 2.24) is 9.91 Å². The third kappa shape index (κ3) is 2.58. The summed E-state index contributed by atoms with van der Waals surface area (Å²) in [5, 5.41) is 2.82. The predicted molar refractivity (Wildman–Crippen MR) is 68.6 cm³/mol. The van der Waals surface area contributed by atoms with Crippen LogP contribution in [-0.2, 0) is 0 Å². The van der Waals surface area contributed by atoms with Gasteiger partial charge in [-0.2, -0.15) is 0 Å². The van der Waals surface area contributed by atoms with Gasteiger partial charge in [-0.25, -0.2) is 5.01 Å². The standard InChI is InChI=1S/C11H17ClN4/c1-15-5-7-16(8-6-15)14-11-9(12)3-2-4-10(11)13/h2-4,14H,5-8,13H2,1H3. The Morgan fingerprint density at radius 2 is 1.94 bits per heavy atom. The van der Waals surface area contributed by atoms with Crippen LogP contribution in [0, 0.1) is 0 Å². The molecule has 3 N–H and O–H groups in total. The van der Waals surface area contributed by atoms with Crippen molar-refractivity contribution in [3.63, 3.8) is 0 Å². The van der Waals surface area contributed by atoms with Crippen molar-refractivity contribution < 1.29 is 0 Å². The summed E-state index contributed by atoms with van der Waals surface area (Å²) in [6, 6.07) is 5.55. The smallest absolute Gasteiger partial charge is 0.0909 e. The normalized spacial score (nSPS) is 18.6. The first kappa shape index (κ1) is 11.5. The third-order valence-electron chi connectivity index (χ3n) is 2.82. The summed E-state index contributed by atoms with van der Waals surface area (Å²) in [4.78, 5) is 2.30. The second kappa shape index (κ2) is 4.91. The highest BCUT2D eigenvalue weighted by Crippen LogP contribution is 2.28. The lowest BCUT2D eigenvalue weighted by molar-refractivity contribution is 0.179. The van der Waals surface area contributed by atoms with Gasteiger partial charge >= 0.3 is 0 Å². The Morgan fingerprint density at radius 1 is 1.25 bits per heavy atom. The zero-order chi connectivity index (χ0) is 11.5. The van der Waals surface area contributed by atoms with Crippen molar-refractivity contribution in [2.24, 2.45) is 0 Å². The van der Waals surface area contributed by atoms with E-state index in [0.717, 1.165) is 31.9 Å². The third-order valence-corrected chi connectivity index (χ3v) is 3.13. The minimum atomic E-state index is 0.666. The number of anilines is 2. The fourth-order valence-corrected chi connectivity index (χ4v) is 1.96. The molecule has 0 aromatic heterocycles. The van der Waals surface area contributed by atoms with Crippen molar-refractivity contribution in [2.45, 2.75) is 0 Å². The van der Waals surface area contributed by atoms with Crippen LogP contribution in [0.5, 0.6) is 0 Å². The van der Waals surface area contributed by atoms with E-state index in [1.807, 2.05) is 18.2 Å². The lowest BCUT2D eigenvalue weighted by Crippen LogP contribution is -2.47. The van der Waals surface area contributed by atoms with E-state index < -0.39 is 0 Å². The Labute approximate surface area is 101 Å². The van der Waals surface area contributed by atoms with Crippen molar-refractivity contribution in [2.75, 3.05) is 44.4 Å². The Hall–Kier alpha value is -0.970. The Morgan fingerprint density at radius 3 is 2.56 bits per heavy atom. The highest BCUT2D eigenvalue weighted by atomic mass is 35.5. The van der Waals surface area contributed by atoms with Gasteiger partial charge < -0.3 is 16.1 Å². The average Bonchev–Trinajstić information content (AvgIpc) is 2.26. The van der Waals surface area contributed by atoms with E-state index in [-0.39, 0.29) is 0 Å². The highest BCUT2D eigenvalue weighted by Gasteiger charge is 2.15. The number of piperazine rings is 1. The first-order valence-electron chi connectivity index (χ1n) is 5.41. The molecule has 88 valence electrons. The number of hydrogen-bond acceptors (Lipinski definition) is 4. The van der Waals surface area contributed by atoms with Crippen LogP contribution in [0.25, 0.3) is 0 Å². The minimum Gasteiger partial charge on any atom is -0.397 e. The molecule has 0 aliphatic carbocycles.